The number of benzene rings is 4. The highest BCUT2D eigenvalue weighted by molar-refractivity contribution is 6.33. The van der Waals surface area contributed by atoms with Gasteiger partial charge in [-0.25, -0.2) is 9.59 Å². The zero-order valence-corrected chi connectivity index (χ0v) is 35.2. The number of hydrogen-bond donors (Lipinski definition) is 6. The first kappa shape index (κ1) is 43.3. The second kappa shape index (κ2) is 18.5. The second-order valence-corrected chi connectivity index (χ2v) is 16.2. The number of imide groups is 2. The highest BCUT2D eigenvalue weighted by Gasteiger charge is 2.40. The van der Waals surface area contributed by atoms with E-state index in [1.165, 1.54) is 9.80 Å². The van der Waals surface area contributed by atoms with Crippen LogP contribution in [-0.4, -0.2) is 69.4 Å². The van der Waals surface area contributed by atoms with Crippen LogP contribution in [0.15, 0.2) is 72.8 Å². The van der Waals surface area contributed by atoms with Crippen LogP contribution < -0.4 is 31.9 Å². The van der Waals surface area contributed by atoms with Gasteiger partial charge < -0.3 is 31.1 Å². The summed E-state index contributed by atoms with van der Waals surface area (Å²) in [5, 5.41) is 16.6. The maximum atomic E-state index is 12.7. The summed E-state index contributed by atoms with van der Waals surface area (Å²) in [5.41, 5.74) is 7.32. The van der Waals surface area contributed by atoms with Gasteiger partial charge in [-0.2, -0.15) is 0 Å². The molecule has 18 heteroatoms. The molecule has 0 bridgehead atoms. The molecule has 4 aromatic carbocycles. The number of hydrogen-bond acceptors (Lipinski definition) is 8. The van der Waals surface area contributed by atoms with E-state index >= 15 is 0 Å². The maximum absolute atomic E-state index is 12.7. The van der Waals surface area contributed by atoms with Gasteiger partial charge in [0.05, 0.1) is 10.7 Å². The average Bonchev–Trinajstić information content (AvgIpc) is 3.73. The standard InChI is InChI=1S/2C22H21ClN4O4/c1-12-2-5-16(23)17(8-12)25-22(31)24-10-13-3-4-15-14(9-13)11-27(21(15)30)18-6-7-19(28)26-20(18)29;1-12-2-4-15(23)9-17(12)25-22(31)24-10-13-3-5-16-14(8-13)11-27(21(16)30)18-6-7-19(28)26-20(18)29/h2*2-5,8-9,18H,6-7,10-11H2,1H3,(H2,24,25,31)(H,26,28,29). The Balaban J connectivity index is 0.000000186. The number of halogens is 2. The molecule has 6 N–H and O–H groups in total. The molecule has 4 aliphatic rings. The fourth-order valence-corrected chi connectivity index (χ4v) is 7.97. The van der Waals surface area contributed by atoms with Gasteiger partial charge in [0, 0.05) is 60.9 Å². The smallest absolute Gasteiger partial charge is 0.319 e. The Morgan fingerprint density at radius 1 is 0.629 bits per heavy atom. The number of nitrogens with zero attached hydrogens (tertiary/aromatic N) is 2. The highest BCUT2D eigenvalue weighted by atomic mass is 35.5. The topological polar surface area (TPSA) is 215 Å². The number of fused-ring (bicyclic) bond motifs is 2. The molecule has 4 aromatic rings. The number of carbonyl (C=O) groups excluding carboxylic acids is 8. The van der Waals surface area contributed by atoms with E-state index in [1.807, 2.05) is 38.1 Å². The zero-order chi connectivity index (χ0) is 44.2. The second-order valence-electron chi connectivity index (χ2n) is 15.3. The lowest BCUT2D eigenvalue weighted by atomic mass is 10.0. The van der Waals surface area contributed by atoms with Crippen LogP contribution in [0.2, 0.25) is 10.0 Å². The summed E-state index contributed by atoms with van der Waals surface area (Å²) in [4.78, 5) is 100.0. The van der Waals surface area contributed by atoms with Gasteiger partial charge in [-0.05, 0) is 96.5 Å². The van der Waals surface area contributed by atoms with E-state index < -0.39 is 29.9 Å². The molecule has 62 heavy (non-hydrogen) atoms. The van der Waals surface area contributed by atoms with E-state index in [0.29, 0.717) is 58.5 Å². The van der Waals surface area contributed by atoms with Crippen LogP contribution in [-0.2, 0) is 45.4 Å². The third-order valence-electron chi connectivity index (χ3n) is 10.9. The van der Waals surface area contributed by atoms with E-state index in [-0.39, 0.29) is 55.6 Å². The Morgan fingerprint density at radius 3 is 1.63 bits per heavy atom. The Morgan fingerprint density at radius 2 is 1.13 bits per heavy atom. The van der Waals surface area contributed by atoms with Gasteiger partial charge in [0.25, 0.3) is 11.8 Å². The molecule has 2 saturated heterocycles. The van der Waals surface area contributed by atoms with Crippen molar-refractivity contribution in [2.45, 2.75) is 77.8 Å². The number of rotatable bonds is 8. The van der Waals surface area contributed by atoms with E-state index in [0.717, 1.165) is 33.4 Å². The van der Waals surface area contributed by atoms with Crippen molar-refractivity contribution in [2.75, 3.05) is 10.6 Å². The fourth-order valence-electron chi connectivity index (χ4n) is 7.64. The van der Waals surface area contributed by atoms with Crippen molar-refractivity contribution in [3.63, 3.8) is 0 Å². The first-order chi connectivity index (χ1) is 29.6. The van der Waals surface area contributed by atoms with Crippen LogP contribution in [0.1, 0.15) is 79.8 Å². The summed E-state index contributed by atoms with van der Waals surface area (Å²) in [6.45, 7) is 4.89. The van der Waals surface area contributed by atoms with Crippen molar-refractivity contribution in [1.29, 1.82) is 0 Å². The fraction of sp³-hybridized carbons (Fsp3) is 0.273. The van der Waals surface area contributed by atoms with Crippen LogP contribution >= 0.6 is 23.2 Å². The minimum atomic E-state index is -0.649. The van der Waals surface area contributed by atoms with Crippen molar-refractivity contribution in [3.8, 4) is 0 Å². The third-order valence-corrected chi connectivity index (χ3v) is 11.5. The minimum Gasteiger partial charge on any atom is -0.334 e. The molecule has 0 spiro atoms. The lowest BCUT2D eigenvalue weighted by Crippen LogP contribution is -2.52. The van der Waals surface area contributed by atoms with E-state index in [9.17, 15) is 38.4 Å². The summed E-state index contributed by atoms with van der Waals surface area (Å²) in [6, 6.07) is 19.2. The first-order valence-corrected chi connectivity index (χ1v) is 20.5. The van der Waals surface area contributed by atoms with Crippen LogP contribution in [0.4, 0.5) is 21.0 Å². The lowest BCUT2D eigenvalue weighted by Gasteiger charge is -2.29. The van der Waals surface area contributed by atoms with Crippen LogP contribution in [0.5, 0.6) is 0 Å². The quantitative estimate of drug-likeness (QED) is 0.125. The first-order valence-electron chi connectivity index (χ1n) is 19.8. The predicted molar refractivity (Wildman–Crippen MR) is 229 cm³/mol. The van der Waals surface area contributed by atoms with Crippen molar-refractivity contribution in [2.24, 2.45) is 0 Å². The molecular weight excluding hydrogens is 839 g/mol. The molecule has 2 unspecified atom stereocenters. The Hall–Kier alpha value is -6.78. The number of urea groups is 2. The maximum Gasteiger partial charge on any atom is 0.319 e. The number of nitrogens with one attached hydrogen (secondary N) is 6. The van der Waals surface area contributed by atoms with Crippen molar-refractivity contribution in [3.05, 3.63) is 127 Å². The number of carbonyl (C=O) groups is 8. The summed E-state index contributed by atoms with van der Waals surface area (Å²) in [5.74, 6) is -1.96. The molecule has 4 heterocycles. The van der Waals surface area contributed by atoms with Crippen molar-refractivity contribution >= 4 is 82.1 Å². The van der Waals surface area contributed by atoms with E-state index in [2.05, 4.69) is 31.9 Å². The molecule has 320 valence electrons. The van der Waals surface area contributed by atoms with Crippen LogP contribution in [0.3, 0.4) is 0 Å². The van der Waals surface area contributed by atoms with Gasteiger partial charge in [-0.3, -0.25) is 39.4 Å². The Bertz CT molecular complexity index is 2370. The number of anilines is 2. The van der Waals surface area contributed by atoms with Gasteiger partial charge in [0.1, 0.15) is 12.1 Å². The molecular formula is C44H42Cl2N8O8. The van der Waals surface area contributed by atoms with Gasteiger partial charge >= 0.3 is 12.1 Å². The molecule has 0 aromatic heterocycles. The number of piperidine rings is 2. The molecule has 0 aliphatic carbocycles. The monoisotopic (exact) mass is 880 g/mol. The number of amides is 10. The summed E-state index contributed by atoms with van der Waals surface area (Å²) >= 11 is 12.1. The largest absolute Gasteiger partial charge is 0.334 e. The normalized spacial score (nSPS) is 17.9. The van der Waals surface area contributed by atoms with Crippen molar-refractivity contribution < 1.29 is 38.4 Å². The molecule has 4 aliphatic heterocycles. The highest BCUT2D eigenvalue weighted by Crippen LogP contribution is 2.30. The number of aryl methyl sites for hydroxylation is 2. The average molecular weight is 882 g/mol. The Labute approximate surface area is 366 Å². The molecule has 0 radical (unpaired) electrons. The zero-order valence-electron chi connectivity index (χ0n) is 33.7. The summed E-state index contributed by atoms with van der Waals surface area (Å²) < 4.78 is 0. The molecule has 0 saturated carbocycles. The molecule has 2 fully saturated rings. The van der Waals surface area contributed by atoms with Gasteiger partial charge in [0.2, 0.25) is 23.6 Å². The summed E-state index contributed by atoms with van der Waals surface area (Å²) in [7, 11) is 0. The Kier molecular flexibility index (Phi) is 12.9. The van der Waals surface area contributed by atoms with Gasteiger partial charge in [-0.1, -0.05) is 59.6 Å². The molecule has 8 rings (SSSR count). The predicted octanol–water partition coefficient (Wildman–Crippen LogP) is 5.46. The van der Waals surface area contributed by atoms with Crippen molar-refractivity contribution in [1.82, 2.24) is 31.1 Å². The van der Waals surface area contributed by atoms with Gasteiger partial charge in [-0.15, -0.1) is 0 Å². The molecule has 2 atom stereocenters. The molecule has 10 amide bonds. The van der Waals surface area contributed by atoms with E-state index in [1.54, 1.807) is 48.5 Å². The lowest BCUT2D eigenvalue weighted by molar-refractivity contribution is -0.138. The minimum absolute atomic E-state index is 0.214. The van der Waals surface area contributed by atoms with E-state index in [4.69, 9.17) is 23.2 Å². The SMILES string of the molecule is Cc1ccc(Cl)c(NC(=O)NCc2ccc3c(c2)CN(C2CCC(=O)NC2=O)C3=O)c1.Cc1ccc(Cl)cc1NC(=O)NCc1ccc2c(c1)CN(C1CCC(=O)NC1=O)C2=O. The van der Waals surface area contributed by atoms with Crippen LogP contribution in [0, 0.1) is 13.8 Å². The van der Waals surface area contributed by atoms with Gasteiger partial charge in [0.15, 0.2) is 0 Å². The molecule has 16 nitrogen and oxygen atoms in total. The summed E-state index contributed by atoms with van der Waals surface area (Å²) in [6.07, 6.45) is 1.07. The van der Waals surface area contributed by atoms with Crippen LogP contribution in [0.25, 0.3) is 0 Å². The third kappa shape index (κ3) is 9.88.